The smallest absolute Gasteiger partial charge is 0.138 e. The van der Waals surface area contributed by atoms with Crippen LogP contribution < -0.4 is 5.73 Å². The second kappa shape index (κ2) is 5.24. The number of nitrogens with zero attached hydrogens (tertiary/aromatic N) is 1. The van der Waals surface area contributed by atoms with Gasteiger partial charge in [-0.05, 0) is 37.1 Å². The maximum atomic E-state index is 5.55. The molecule has 0 fully saturated rings. The standard InChI is InChI=1S/C16H17N3/c17-10-4-5-12-8-9-14-15(11-12)19-16(18-14)13-6-2-1-3-7-13/h1-3,6-9,11H,4-5,10,17H2,(H,18,19). The van der Waals surface area contributed by atoms with Gasteiger partial charge in [-0.3, -0.25) is 0 Å². The number of imidazole rings is 1. The Morgan fingerprint density at radius 2 is 1.89 bits per heavy atom. The Balaban J connectivity index is 1.97. The monoisotopic (exact) mass is 251 g/mol. The summed E-state index contributed by atoms with van der Waals surface area (Å²) in [5.74, 6) is 0.923. The number of aromatic nitrogens is 2. The van der Waals surface area contributed by atoms with Crippen molar-refractivity contribution in [3.8, 4) is 11.4 Å². The van der Waals surface area contributed by atoms with E-state index in [-0.39, 0.29) is 0 Å². The van der Waals surface area contributed by atoms with Gasteiger partial charge in [0.1, 0.15) is 5.82 Å². The quantitative estimate of drug-likeness (QED) is 0.748. The van der Waals surface area contributed by atoms with E-state index in [1.807, 2.05) is 18.2 Å². The second-order valence-corrected chi connectivity index (χ2v) is 4.70. The van der Waals surface area contributed by atoms with Crippen molar-refractivity contribution >= 4 is 11.0 Å². The molecule has 3 rings (SSSR count). The fourth-order valence-corrected chi connectivity index (χ4v) is 2.25. The highest BCUT2D eigenvalue weighted by molar-refractivity contribution is 5.80. The third-order valence-corrected chi connectivity index (χ3v) is 3.26. The molecule has 0 aliphatic rings. The highest BCUT2D eigenvalue weighted by atomic mass is 14.9. The first-order chi connectivity index (χ1) is 9.36. The van der Waals surface area contributed by atoms with Gasteiger partial charge in [-0.25, -0.2) is 4.98 Å². The summed E-state index contributed by atoms with van der Waals surface area (Å²) >= 11 is 0. The van der Waals surface area contributed by atoms with E-state index >= 15 is 0 Å². The molecule has 3 aromatic rings. The zero-order chi connectivity index (χ0) is 13.1. The van der Waals surface area contributed by atoms with Gasteiger partial charge in [-0.2, -0.15) is 0 Å². The molecule has 0 bridgehead atoms. The highest BCUT2D eigenvalue weighted by Crippen LogP contribution is 2.21. The maximum absolute atomic E-state index is 5.55. The Morgan fingerprint density at radius 3 is 2.68 bits per heavy atom. The Labute approximate surface area is 112 Å². The van der Waals surface area contributed by atoms with E-state index in [9.17, 15) is 0 Å². The van der Waals surface area contributed by atoms with Crippen LogP contribution in [0.1, 0.15) is 12.0 Å². The first-order valence-corrected chi connectivity index (χ1v) is 6.61. The van der Waals surface area contributed by atoms with Gasteiger partial charge in [0.25, 0.3) is 0 Å². The molecule has 1 aromatic heterocycles. The summed E-state index contributed by atoms with van der Waals surface area (Å²) in [5.41, 5.74) is 10.1. The Morgan fingerprint density at radius 1 is 1.05 bits per heavy atom. The summed E-state index contributed by atoms with van der Waals surface area (Å²) in [6.07, 6.45) is 2.04. The van der Waals surface area contributed by atoms with Gasteiger partial charge in [0.15, 0.2) is 0 Å². The first-order valence-electron chi connectivity index (χ1n) is 6.61. The van der Waals surface area contributed by atoms with E-state index in [0.717, 1.165) is 41.8 Å². The molecule has 0 aliphatic carbocycles. The van der Waals surface area contributed by atoms with Gasteiger partial charge in [0.2, 0.25) is 0 Å². The van der Waals surface area contributed by atoms with Gasteiger partial charge >= 0.3 is 0 Å². The van der Waals surface area contributed by atoms with Crippen molar-refractivity contribution in [2.75, 3.05) is 6.54 Å². The Bertz CT molecular complexity index is 671. The maximum Gasteiger partial charge on any atom is 0.138 e. The third-order valence-electron chi connectivity index (χ3n) is 3.26. The van der Waals surface area contributed by atoms with E-state index in [2.05, 4.69) is 40.3 Å². The Kier molecular flexibility index (Phi) is 3.29. The van der Waals surface area contributed by atoms with Crippen LogP contribution in [0.25, 0.3) is 22.4 Å². The van der Waals surface area contributed by atoms with Crippen LogP contribution in [0.2, 0.25) is 0 Å². The van der Waals surface area contributed by atoms with Crippen molar-refractivity contribution in [1.29, 1.82) is 0 Å². The summed E-state index contributed by atoms with van der Waals surface area (Å²) in [4.78, 5) is 8.01. The fourth-order valence-electron chi connectivity index (χ4n) is 2.25. The molecule has 0 radical (unpaired) electrons. The number of benzene rings is 2. The predicted molar refractivity (Wildman–Crippen MR) is 78.9 cm³/mol. The largest absolute Gasteiger partial charge is 0.338 e. The van der Waals surface area contributed by atoms with E-state index < -0.39 is 0 Å². The van der Waals surface area contributed by atoms with Gasteiger partial charge in [0.05, 0.1) is 11.0 Å². The lowest BCUT2D eigenvalue weighted by atomic mass is 10.1. The molecule has 2 aromatic carbocycles. The van der Waals surface area contributed by atoms with Crippen molar-refractivity contribution in [3.63, 3.8) is 0 Å². The van der Waals surface area contributed by atoms with E-state index in [1.165, 1.54) is 5.56 Å². The average molecular weight is 251 g/mol. The minimum atomic E-state index is 0.732. The molecule has 0 saturated carbocycles. The number of fused-ring (bicyclic) bond motifs is 1. The molecule has 19 heavy (non-hydrogen) atoms. The summed E-state index contributed by atoms with van der Waals surface area (Å²) in [7, 11) is 0. The molecular weight excluding hydrogens is 234 g/mol. The SMILES string of the molecule is NCCCc1ccc2nc(-c3ccccc3)[nH]c2c1. The molecule has 0 aliphatic heterocycles. The van der Waals surface area contributed by atoms with Gasteiger partial charge in [-0.15, -0.1) is 0 Å². The number of rotatable bonds is 4. The summed E-state index contributed by atoms with van der Waals surface area (Å²) < 4.78 is 0. The molecule has 3 heteroatoms. The number of hydrogen-bond acceptors (Lipinski definition) is 2. The molecule has 0 spiro atoms. The molecule has 0 unspecified atom stereocenters. The van der Waals surface area contributed by atoms with Crippen molar-refractivity contribution in [2.45, 2.75) is 12.8 Å². The van der Waals surface area contributed by atoms with E-state index in [1.54, 1.807) is 0 Å². The van der Waals surface area contributed by atoms with Crippen molar-refractivity contribution in [2.24, 2.45) is 5.73 Å². The minimum Gasteiger partial charge on any atom is -0.338 e. The fraction of sp³-hybridized carbons (Fsp3) is 0.188. The molecule has 0 amide bonds. The number of nitrogens with two attached hydrogens (primary N) is 1. The lowest BCUT2D eigenvalue weighted by Gasteiger charge is -1.98. The lowest BCUT2D eigenvalue weighted by Crippen LogP contribution is -2.00. The van der Waals surface area contributed by atoms with E-state index in [0.29, 0.717) is 0 Å². The Hall–Kier alpha value is -2.13. The second-order valence-electron chi connectivity index (χ2n) is 4.70. The van der Waals surface area contributed by atoms with Crippen molar-refractivity contribution in [3.05, 3.63) is 54.1 Å². The molecule has 1 heterocycles. The van der Waals surface area contributed by atoms with Crippen molar-refractivity contribution in [1.82, 2.24) is 9.97 Å². The van der Waals surface area contributed by atoms with Crippen LogP contribution >= 0.6 is 0 Å². The number of H-pyrrole nitrogens is 1. The highest BCUT2D eigenvalue weighted by Gasteiger charge is 2.05. The molecule has 3 nitrogen and oxygen atoms in total. The molecule has 0 atom stereocenters. The van der Waals surface area contributed by atoms with Crippen LogP contribution in [0.5, 0.6) is 0 Å². The number of hydrogen-bond donors (Lipinski definition) is 2. The third kappa shape index (κ3) is 2.51. The molecular formula is C16H17N3. The van der Waals surface area contributed by atoms with Crippen LogP contribution in [0.4, 0.5) is 0 Å². The predicted octanol–water partition coefficient (Wildman–Crippen LogP) is 3.12. The molecule has 96 valence electrons. The minimum absolute atomic E-state index is 0.732. The zero-order valence-electron chi connectivity index (χ0n) is 10.8. The van der Waals surface area contributed by atoms with Crippen LogP contribution in [0.3, 0.4) is 0 Å². The zero-order valence-corrected chi connectivity index (χ0v) is 10.8. The summed E-state index contributed by atoms with van der Waals surface area (Å²) in [6.45, 7) is 0.732. The van der Waals surface area contributed by atoms with Crippen LogP contribution in [-0.2, 0) is 6.42 Å². The van der Waals surface area contributed by atoms with Crippen molar-refractivity contribution < 1.29 is 0 Å². The summed E-state index contributed by atoms with van der Waals surface area (Å²) in [5, 5.41) is 0. The molecule has 0 saturated heterocycles. The molecule has 3 N–H and O–H groups in total. The lowest BCUT2D eigenvalue weighted by molar-refractivity contribution is 0.833. The number of nitrogens with one attached hydrogen (secondary N) is 1. The summed E-state index contributed by atoms with van der Waals surface area (Å²) in [6, 6.07) is 16.6. The van der Waals surface area contributed by atoms with Crippen LogP contribution in [-0.4, -0.2) is 16.5 Å². The van der Waals surface area contributed by atoms with Crippen LogP contribution in [0, 0.1) is 0 Å². The number of aromatic amines is 1. The average Bonchev–Trinajstić information content (AvgIpc) is 2.89. The van der Waals surface area contributed by atoms with Gasteiger partial charge < -0.3 is 10.7 Å². The van der Waals surface area contributed by atoms with Gasteiger partial charge in [-0.1, -0.05) is 36.4 Å². The normalized spacial score (nSPS) is 11.0. The van der Waals surface area contributed by atoms with Gasteiger partial charge in [0, 0.05) is 5.56 Å². The first kappa shape index (κ1) is 11.9. The van der Waals surface area contributed by atoms with Crippen LogP contribution in [0.15, 0.2) is 48.5 Å². The topological polar surface area (TPSA) is 54.7 Å². The number of aryl methyl sites for hydroxylation is 1. The van der Waals surface area contributed by atoms with E-state index in [4.69, 9.17) is 5.73 Å².